The molecule has 1 fully saturated rings. The molecule has 0 aromatic heterocycles. The van der Waals surface area contributed by atoms with Gasteiger partial charge in [0.1, 0.15) is 0 Å². The van der Waals surface area contributed by atoms with Gasteiger partial charge in [0.15, 0.2) is 9.84 Å². The predicted molar refractivity (Wildman–Crippen MR) is 83.2 cm³/mol. The summed E-state index contributed by atoms with van der Waals surface area (Å²) in [5, 5.41) is 2.89. The first-order valence-corrected chi connectivity index (χ1v) is 8.99. The topological polar surface area (TPSA) is 66.5 Å². The van der Waals surface area contributed by atoms with Crippen LogP contribution in [-0.4, -0.2) is 50.5 Å². The number of nitrogens with zero attached hydrogens (tertiary/aromatic N) is 1. The third-order valence-corrected chi connectivity index (χ3v) is 5.41. The summed E-state index contributed by atoms with van der Waals surface area (Å²) in [6.07, 6.45) is 0. The van der Waals surface area contributed by atoms with Gasteiger partial charge in [0.2, 0.25) is 0 Å². The van der Waals surface area contributed by atoms with E-state index in [1.54, 1.807) is 4.90 Å². The summed E-state index contributed by atoms with van der Waals surface area (Å²) < 4.78 is 22.7. The number of hydrogen-bond donors (Lipinski definition) is 1. The molecule has 1 heterocycles. The Morgan fingerprint density at radius 3 is 2.62 bits per heavy atom. The monoisotopic (exact) mass is 310 g/mol. The van der Waals surface area contributed by atoms with Crippen LogP contribution < -0.4 is 5.32 Å². The van der Waals surface area contributed by atoms with Gasteiger partial charge in [-0.25, -0.2) is 13.2 Å². The maximum Gasteiger partial charge on any atom is 0.317 e. The van der Waals surface area contributed by atoms with Gasteiger partial charge in [-0.2, -0.15) is 0 Å². The average molecular weight is 310 g/mol. The minimum atomic E-state index is -2.95. The zero-order chi connectivity index (χ0) is 15.5. The van der Waals surface area contributed by atoms with Gasteiger partial charge in [-0.05, 0) is 18.4 Å². The molecule has 1 N–H and O–H groups in total. The van der Waals surface area contributed by atoms with Gasteiger partial charge in [-0.15, -0.1) is 0 Å². The van der Waals surface area contributed by atoms with Gasteiger partial charge < -0.3 is 10.2 Å². The van der Waals surface area contributed by atoms with E-state index in [0.717, 1.165) is 0 Å². The van der Waals surface area contributed by atoms with Gasteiger partial charge in [-0.1, -0.05) is 36.8 Å². The Labute approximate surface area is 126 Å². The highest BCUT2D eigenvalue weighted by Gasteiger charge is 2.24. The van der Waals surface area contributed by atoms with E-state index < -0.39 is 9.84 Å². The van der Waals surface area contributed by atoms with Crippen LogP contribution in [0.5, 0.6) is 0 Å². The zero-order valence-corrected chi connectivity index (χ0v) is 13.3. The SMILES string of the molecule is Cc1cccc([C@@H](C)CNC(=O)N2CCS(=O)(=O)CC2)c1. The van der Waals surface area contributed by atoms with Crippen molar-refractivity contribution in [1.82, 2.24) is 10.2 Å². The number of benzene rings is 1. The molecule has 116 valence electrons. The van der Waals surface area contributed by atoms with E-state index in [-0.39, 0.29) is 36.5 Å². The van der Waals surface area contributed by atoms with Crippen molar-refractivity contribution in [3.8, 4) is 0 Å². The summed E-state index contributed by atoms with van der Waals surface area (Å²) in [6.45, 7) is 5.23. The summed E-state index contributed by atoms with van der Waals surface area (Å²) in [4.78, 5) is 13.6. The fourth-order valence-electron chi connectivity index (χ4n) is 2.36. The Hall–Kier alpha value is -1.56. The van der Waals surface area contributed by atoms with Crippen molar-refractivity contribution in [2.24, 2.45) is 0 Å². The van der Waals surface area contributed by atoms with Crippen LogP contribution in [0.15, 0.2) is 24.3 Å². The molecule has 21 heavy (non-hydrogen) atoms. The van der Waals surface area contributed by atoms with Crippen LogP contribution in [0.25, 0.3) is 0 Å². The van der Waals surface area contributed by atoms with E-state index >= 15 is 0 Å². The molecule has 0 aliphatic carbocycles. The van der Waals surface area contributed by atoms with E-state index in [4.69, 9.17) is 0 Å². The molecule has 1 atom stereocenters. The molecular formula is C15H22N2O3S. The van der Waals surface area contributed by atoms with Gasteiger partial charge >= 0.3 is 6.03 Å². The highest BCUT2D eigenvalue weighted by atomic mass is 32.2. The molecule has 1 aliphatic heterocycles. The number of hydrogen-bond acceptors (Lipinski definition) is 3. The Bertz CT molecular complexity index is 599. The quantitative estimate of drug-likeness (QED) is 0.921. The van der Waals surface area contributed by atoms with Gasteiger partial charge in [-0.3, -0.25) is 0 Å². The number of urea groups is 1. The highest BCUT2D eigenvalue weighted by Crippen LogP contribution is 2.15. The summed E-state index contributed by atoms with van der Waals surface area (Å²) in [6, 6.07) is 8.05. The molecule has 0 radical (unpaired) electrons. The first-order valence-electron chi connectivity index (χ1n) is 7.17. The second-order valence-corrected chi connectivity index (χ2v) is 7.94. The Kier molecular flexibility index (Phi) is 4.88. The van der Waals surface area contributed by atoms with Gasteiger partial charge in [0.25, 0.3) is 0 Å². The van der Waals surface area contributed by atoms with Crippen molar-refractivity contribution in [2.75, 3.05) is 31.1 Å². The molecule has 6 heteroatoms. The molecule has 2 rings (SSSR count). The van der Waals surface area contributed by atoms with Crippen LogP contribution in [0.4, 0.5) is 4.79 Å². The number of carbonyl (C=O) groups is 1. The molecular weight excluding hydrogens is 288 g/mol. The van der Waals surface area contributed by atoms with Crippen LogP contribution in [0.2, 0.25) is 0 Å². The first-order chi connectivity index (χ1) is 9.87. The minimum Gasteiger partial charge on any atom is -0.337 e. The van der Waals surface area contributed by atoms with Crippen LogP contribution in [0, 0.1) is 6.92 Å². The maximum atomic E-state index is 12.0. The molecule has 1 aromatic rings. The van der Waals surface area contributed by atoms with Crippen molar-refractivity contribution in [2.45, 2.75) is 19.8 Å². The number of nitrogens with one attached hydrogen (secondary N) is 1. The molecule has 1 aromatic carbocycles. The molecule has 0 bridgehead atoms. The van der Waals surface area contributed by atoms with E-state index in [9.17, 15) is 13.2 Å². The van der Waals surface area contributed by atoms with Crippen LogP contribution >= 0.6 is 0 Å². The van der Waals surface area contributed by atoms with Crippen molar-refractivity contribution in [1.29, 1.82) is 0 Å². The Balaban J connectivity index is 1.84. The average Bonchev–Trinajstić information content (AvgIpc) is 2.44. The Morgan fingerprint density at radius 2 is 2.00 bits per heavy atom. The van der Waals surface area contributed by atoms with E-state index in [2.05, 4.69) is 24.4 Å². The predicted octanol–water partition coefficient (Wildman–Crippen LogP) is 1.54. The lowest BCUT2D eigenvalue weighted by Crippen LogP contribution is -2.48. The standard InChI is InChI=1S/C15H22N2O3S/c1-12-4-3-5-14(10-12)13(2)11-16-15(18)17-6-8-21(19,20)9-7-17/h3-5,10,13H,6-9,11H2,1-2H3,(H,16,18)/t13-/m0/s1. The number of rotatable bonds is 3. The molecule has 2 amide bonds. The van der Waals surface area contributed by atoms with Crippen molar-refractivity contribution in [3.63, 3.8) is 0 Å². The van der Waals surface area contributed by atoms with Crippen molar-refractivity contribution < 1.29 is 13.2 Å². The summed E-state index contributed by atoms with van der Waals surface area (Å²) >= 11 is 0. The third-order valence-electron chi connectivity index (χ3n) is 3.80. The van der Waals surface area contributed by atoms with E-state index in [0.29, 0.717) is 6.54 Å². The van der Waals surface area contributed by atoms with Crippen LogP contribution in [0.3, 0.4) is 0 Å². The third kappa shape index (κ3) is 4.46. The normalized spacial score (nSPS) is 19.0. The summed E-state index contributed by atoms with van der Waals surface area (Å²) in [7, 11) is -2.95. The largest absolute Gasteiger partial charge is 0.337 e. The molecule has 0 saturated carbocycles. The summed E-state index contributed by atoms with van der Waals surface area (Å²) in [5.74, 6) is 0.351. The lowest BCUT2D eigenvalue weighted by molar-refractivity contribution is 0.201. The molecule has 1 aliphatic rings. The van der Waals surface area contributed by atoms with Crippen molar-refractivity contribution in [3.05, 3.63) is 35.4 Å². The number of aryl methyl sites for hydroxylation is 1. The fourth-order valence-corrected chi connectivity index (χ4v) is 3.56. The van der Waals surface area contributed by atoms with Crippen LogP contribution in [-0.2, 0) is 9.84 Å². The van der Waals surface area contributed by atoms with Gasteiger partial charge in [0, 0.05) is 19.6 Å². The van der Waals surface area contributed by atoms with Crippen LogP contribution in [0.1, 0.15) is 24.0 Å². The zero-order valence-electron chi connectivity index (χ0n) is 12.5. The molecule has 0 unspecified atom stereocenters. The molecule has 1 saturated heterocycles. The second-order valence-electron chi connectivity index (χ2n) is 5.64. The maximum absolute atomic E-state index is 12.0. The number of sulfone groups is 1. The highest BCUT2D eigenvalue weighted by molar-refractivity contribution is 7.91. The number of amides is 2. The smallest absolute Gasteiger partial charge is 0.317 e. The molecule has 5 nitrogen and oxygen atoms in total. The summed E-state index contributed by atoms with van der Waals surface area (Å²) in [5.41, 5.74) is 2.39. The Morgan fingerprint density at radius 1 is 1.33 bits per heavy atom. The van der Waals surface area contributed by atoms with Gasteiger partial charge in [0.05, 0.1) is 11.5 Å². The first kappa shape index (κ1) is 15.8. The number of carbonyl (C=O) groups excluding carboxylic acids is 1. The fraction of sp³-hybridized carbons (Fsp3) is 0.533. The second kappa shape index (κ2) is 6.47. The lowest BCUT2D eigenvalue weighted by Gasteiger charge is -2.27. The minimum absolute atomic E-state index is 0.0633. The van der Waals surface area contributed by atoms with Crippen molar-refractivity contribution >= 4 is 15.9 Å². The van der Waals surface area contributed by atoms with E-state index in [1.807, 2.05) is 19.1 Å². The van der Waals surface area contributed by atoms with E-state index in [1.165, 1.54) is 11.1 Å². The molecule has 0 spiro atoms. The lowest BCUT2D eigenvalue weighted by atomic mass is 9.99.